The van der Waals surface area contributed by atoms with E-state index in [2.05, 4.69) is 20.3 Å². The van der Waals surface area contributed by atoms with E-state index < -0.39 is 0 Å². The highest BCUT2D eigenvalue weighted by atomic mass is 19.1. The van der Waals surface area contributed by atoms with Crippen molar-refractivity contribution >= 4 is 22.5 Å². The third-order valence-corrected chi connectivity index (χ3v) is 4.09. The molecule has 5 nitrogen and oxygen atoms in total. The molecule has 0 saturated carbocycles. The Bertz CT molecular complexity index is 1030. The van der Waals surface area contributed by atoms with Crippen molar-refractivity contribution in [2.24, 2.45) is 0 Å². The quantitative estimate of drug-likeness (QED) is 0.524. The number of nitrogens with zero attached hydrogens (tertiary/aromatic N) is 1. The number of carbonyl (C=O) groups is 1. The molecule has 2 aromatic heterocycles. The second-order valence-corrected chi connectivity index (χ2v) is 5.81. The number of aromatic amines is 2. The summed E-state index contributed by atoms with van der Waals surface area (Å²) in [5.41, 5.74) is 3.33. The maximum absolute atomic E-state index is 13.9. The summed E-state index contributed by atoms with van der Waals surface area (Å²) in [5.74, 6) is 0.0433. The van der Waals surface area contributed by atoms with Crippen LogP contribution in [0.1, 0.15) is 16.1 Å². The molecule has 0 aliphatic heterocycles. The van der Waals surface area contributed by atoms with Gasteiger partial charge in [0.1, 0.15) is 17.3 Å². The van der Waals surface area contributed by atoms with Crippen LogP contribution in [0.3, 0.4) is 0 Å². The Morgan fingerprint density at radius 1 is 1.20 bits per heavy atom. The standard InChI is InChI=1S/C19H15FN4O/c1-11-5-6-15(20)14-10-16(24-17(11)14)19(25)23-13-4-2-3-12(9-13)18-21-7-8-22-18/h2-10,24H,1H3,(H,21,22)(H,23,25). The minimum absolute atomic E-state index is 0.312. The molecular formula is C19H15FN4O. The first-order valence-electron chi connectivity index (χ1n) is 7.81. The molecule has 0 atom stereocenters. The number of nitrogens with one attached hydrogen (secondary N) is 3. The van der Waals surface area contributed by atoms with Crippen LogP contribution in [0.15, 0.2) is 54.9 Å². The molecule has 2 aromatic carbocycles. The second-order valence-electron chi connectivity index (χ2n) is 5.81. The molecule has 1 amide bonds. The number of anilines is 1. The first-order chi connectivity index (χ1) is 12.1. The minimum atomic E-state index is -0.351. The van der Waals surface area contributed by atoms with E-state index in [1.165, 1.54) is 12.1 Å². The van der Waals surface area contributed by atoms with Crippen LogP contribution in [0.2, 0.25) is 0 Å². The topological polar surface area (TPSA) is 73.6 Å². The number of halogens is 1. The van der Waals surface area contributed by atoms with Gasteiger partial charge in [0.05, 0.1) is 5.52 Å². The van der Waals surface area contributed by atoms with E-state index in [-0.39, 0.29) is 11.7 Å². The molecule has 0 radical (unpaired) electrons. The van der Waals surface area contributed by atoms with Gasteiger partial charge < -0.3 is 15.3 Å². The minimum Gasteiger partial charge on any atom is -0.350 e. The number of rotatable bonds is 3. The SMILES string of the molecule is Cc1ccc(F)c2cc(C(=O)Nc3cccc(-c4ncc[nH]4)c3)[nH]c12. The van der Waals surface area contributed by atoms with Crippen molar-refractivity contribution in [3.8, 4) is 11.4 Å². The molecule has 0 spiro atoms. The van der Waals surface area contributed by atoms with E-state index >= 15 is 0 Å². The number of amides is 1. The molecular weight excluding hydrogens is 319 g/mol. The van der Waals surface area contributed by atoms with Crippen molar-refractivity contribution in [1.82, 2.24) is 15.0 Å². The molecule has 2 heterocycles. The summed E-state index contributed by atoms with van der Waals surface area (Å²) in [6, 6.07) is 12.0. The van der Waals surface area contributed by atoms with Gasteiger partial charge in [0.15, 0.2) is 0 Å². The molecule has 0 aliphatic rings. The largest absolute Gasteiger partial charge is 0.350 e. The van der Waals surface area contributed by atoms with Crippen LogP contribution in [-0.2, 0) is 0 Å². The Kier molecular flexibility index (Phi) is 3.57. The van der Waals surface area contributed by atoms with Crippen molar-refractivity contribution < 1.29 is 9.18 Å². The lowest BCUT2D eigenvalue weighted by molar-refractivity contribution is 0.102. The monoisotopic (exact) mass is 334 g/mol. The number of H-pyrrole nitrogens is 2. The van der Waals surface area contributed by atoms with Gasteiger partial charge in [0.25, 0.3) is 5.91 Å². The Morgan fingerprint density at radius 3 is 2.84 bits per heavy atom. The van der Waals surface area contributed by atoms with Gasteiger partial charge in [-0.15, -0.1) is 0 Å². The van der Waals surface area contributed by atoms with Gasteiger partial charge in [-0.1, -0.05) is 18.2 Å². The molecule has 4 rings (SSSR count). The Labute approximate surface area is 142 Å². The maximum atomic E-state index is 13.9. The average Bonchev–Trinajstić information content (AvgIpc) is 3.28. The van der Waals surface area contributed by atoms with Crippen molar-refractivity contribution in [1.29, 1.82) is 0 Å². The van der Waals surface area contributed by atoms with Gasteiger partial charge in [-0.2, -0.15) is 0 Å². The van der Waals surface area contributed by atoms with Crippen molar-refractivity contribution in [3.05, 3.63) is 71.9 Å². The number of benzene rings is 2. The number of aryl methyl sites for hydroxylation is 1. The van der Waals surface area contributed by atoms with E-state index in [1.807, 2.05) is 25.1 Å². The van der Waals surface area contributed by atoms with E-state index in [4.69, 9.17) is 0 Å². The van der Waals surface area contributed by atoms with E-state index in [9.17, 15) is 9.18 Å². The van der Waals surface area contributed by atoms with E-state index in [0.29, 0.717) is 22.3 Å². The van der Waals surface area contributed by atoms with E-state index in [1.54, 1.807) is 24.5 Å². The van der Waals surface area contributed by atoms with Crippen molar-refractivity contribution in [3.63, 3.8) is 0 Å². The summed E-state index contributed by atoms with van der Waals surface area (Å²) in [6.07, 6.45) is 3.41. The summed E-state index contributed by atoms with van der Waals surface area (Å²) in [7, 11) is 0. The van der Waals surface area contributed by atoms with E-state index in [0.717, 1.165) is 17.0 Å². The van der Waals surface area contributed by atoms with Gasteiger partial charge in [0, 0.05) is 29.0 Å². The van der Waals surface area contributed by atoms with Gasteiger partial charge in [-0.25, -0.2) is 9.37 Å². The van der Waals surface area contributed by atoms with Gasteiger partial charge in [-0.3, -0.25) is 4.79 Å². The lowest BCUT2D eigenvalue weighted by Crippen LogP contribution is -2.12. The fourth-order valence-electron chi connectivity index (χ4n) is 2.81. The Morgan fingerprint density at radius 2 is 2.08 bits per heavy atom. The zero-order valence-electron chi connectivity index (χ0n) is 13.4. The highest BCUT2D eigenvalue weighted by molar-refractivity contribution is 6.06. The Hall–Kier alpha value is -3.41. The van der Waals surface area contributed by atoms with Crippen molar-refractivity contribution in [2.45, 2.75) is 6.92 Å². The van der Waals surface area contributed by atoms with Gasteiger partial charge >= 0.3 is 0 Å². The number of fused-ring (bicyclic) bond motifs is 1. The number of hydrogen-bond acceptors (Lipinski definition) is 2. The molecule has 25 heavy (non-hydrogen) atoms. The zero-order valence-corrected chi connectivity index (χ0v) is 13.4. The van der Waals surface area contributed by atoms with Crippen LogP contribution < -0.4 is 5.32 Å². The average molecular weight is 334 g/mol. The summed E-state index contributed by atoms with van der Waals surface area (Å²) in [6.45, 7) is 1.87. The van der Waals surface area contributed by atoms with Gasteiger partial charge in [0.2, 0.25) is 0 Å². The maximum Gasteiger partial charge on any atom is 0.272 e. The molecule has 3 N–H and O–H groups in total. The summed E-state index contributed by atoms with van der Waals surface area (Å²) >= 11 is 0. The third-order valence-electron chi connectivity index (χ3n) is 4.09. The summed E-state index contributed by atoms with van der Waals surface area (Å²) in [5, 5.41) is 3.24. The van der Waals surface area contributed by atoms with Gasteiger partial charge in [-0.05, 0) is 36.8 Å². The van der Waals surface area contributed by atoms with Crippen LogP contribution in [0.25, 0.3) is 22.3 Å². The fourth-order valence-corrected chi connectivity index (χ4v) is 2.81. The molecule has 0 unspecified atom stereocenters. The fraction of sp³-hybridized carbons (Fsp3) is 0.0526. The molecule has 0 aliphatic carbocycles. The lowest BCUT2D eigenvalue weighted by Gasteiger charge is -2.05. The first-order valence-corrected chi connectivity index (χ1v) is 7.81. The predicted molar refractivity (Wildman–Crippen MR) is 95.0 cm³/mol. The number of carbonyl (C=O) groups excluding carboxylic acids is 1. The molecule has 0 bridgehead atoms. The number of aromatic nitrogens is 3. The van der Waals surface area contributed by atoms with Crippen LogP contribution in [0.5, 0.6) is 0 Å². The number of imidazole rings is 1. The van der Waals surface area contributed by atoms with Crippen LogP contribution in [-0.4, -0.2) is 20.9 Å². The zero-order chi connectivity index (χ0) is 17.4. The smallest absolute Gasteiger partial charge is 0.272 e. The summed E-state index contributed by atoms with van der Waals surface area (Å²) in [4.78, 5) is 22.7. The second kappa shape index (κ2) is 5.90. The molecule has 0 saturated heterocycles. The number of hydrogen-bond donors (Lipinski definition) is 3. The molecule has 124 valence electrons. The molecule has 0 fully saturated rings. The van der Waals surface area contributed by atoms with Crippen LogP contribution in [0, 0.1) is 12.7 Å². The van der Waals surface area contributed by atoms with Crippen LogP contribution >= 0.6 is 0 Å². The lowest BCUT2D eigenvalue weighted by atomic mass is 10.1. The molecule has 6 heteroatoms. The van der Waals surface area contributed by atoms with Crippen molar-refractivity contribution in [2.75, 3.05) is 5.32 Å². The highest BCUT2D eigenvalue weighted by Gasteiger charge is 2.14. The predicted octanol–water partition coefficient (Wildman–Crippen LogP) is 4.26. The first kappa shape index (κ1) is 15.1. The highest BCUT2D eigenvalue weighted by Crippen LogP contribution is 2.24. The summed E-state index contributed by atoms with van der Waals surface area (Å²) < 4.78 is 13.9. The van der Waals surface area contributed by atoms with Crippen LogP contribution in [0.4, 0.5) is 10.1 Å². The third kappa shape index (κ3) is 2.78. The molecule has 4 aromatic rings. The normalized spacial score (nSPS) is 11.0. The Balaban J connectivity index is 1.63.